The second-order valence-electron chi connectivity index (χ2n) is 8.98. The highest BCUT2D eigenvalue weighted by Gasteiger charge is 2.49. The first-order valence-corrected chi connectivity index (χ1v) is 13.0. The minimum Gasteiger partial charge on any atom is -0.368 e. The third kappa shape index (κ3) is 7.42. The second kappa shape index (κ2) is 12.6. The number of fused-ring (bicyclic) bond motifs is 4. The van der Waals surface area contributed by atoms with E-state index in [1.165, 1.54) is 4.90 Å². The first-order chi connectivity index (χ1) is 18.7. The standard InChI is InChI=1S/C9H14N4O8S.C9H14N4O5/c10-7(14)4-20-11-8(15)6-2-1-5-3-12(6)9(16)13(5)21-22(17,18)19;10-7(14)4-18-11-8(15)6-2-1-5-3-12(6)9(16)13(5)17/h5-6H,1-4H2,(H2,10,14)(H,11,15)(H,17,18,19);5-6,17H,1-4H2,(H2,10,14)(H,11,15)/t2*5-,6+/m11/s1. The Hall–Kier alpha value is -3.83. The van der Waals surface area contributed by atoms with E-state index in [2.05, 4.69) is 19.4 Å². The van der Waals surface area contributed by atoms with Crippen LogP contribution >= 0.6 is 0 Å². The maximum Gasteiger partial charge on any atom is 0.418 e. The number of nitrogens with two attached hydrogens (primary N) is 2. The molecule has 4 bridgehead atoms. The normalized spacial score (nSPS) is 25.4. The lowest BCUT2D eigenvalue weighted by atomic mass is 10.0. The van der Waals surface area contributed by atoms with E-state index in [0.29, 0.717) is 29.5 Å². The highest BCUT2D eigenvalue weighted by molar-refractivity contribution is 7.80. The number of primary amides is 2. The molecule has 8 amide bonds. The van der Waals surface area contributed by atoms with Crippen molar-refractivity contribution in [3.8, 4) is 0 Å². The molecule has 0 unspecified atom stereocenters. The molecule has 4 saturated heterocycles. The van der Waals surface area contributed by atoms with Crippen molar-refractivity contribution in [2.75, 3.05) is 26.3 Å². The zero-order chi connectivity index (χ0) is 29.8. The van der Waals surface area contributed by atoms with Crippen molar-refractivity contribution >= 4 is 46.1 Å². The van der Waals surface area contributed by atoms with Gasteiger partial charge in [0.1, 0.15) is 12.1 Å². The van der Waals surface area contributed by atoms with Gasteiger partial charge < -0.3 is 21.3 Å². The summed E-state index contributed by atoms with van der Waals surface area (Å²) in [5.41, 5.74) is 13.7. The van der Waals surface area contributed by atoms with Crippen LogP contribution in [0.25, 0.3) is 0 Å². The molecule has 4 rings (SSSR count). The molecule has 40 heavy (non-hydrogen) atoms. The van der Waals surface area contributed by atoms with E-state index in [9.17, 15) is 42.4 Å². The SMILES string of the molecule is NC(=O)CONC(=O)[C@@H]1CC[C@@H]2CN1C(=O)N2O.NC(=O)CONC(=O)[C@@H]1CC[C@@H]2CN1C(=O)N2OS(=O)(=O)O. The Morgan fingerprint density at radius 1 is 0.825 bits per heavy atom. The Bertz CT molecular complexity index is 1150. The van der Waals surface area contributed by atoms with Gasteiger partial charge >= 0.3 is 22.5 Å². The summed E-state index contributed by atoms with van der Waals surface area (Å²) >= 11 is 0. The molecule has 4 atom stereocenters. The Kier molecular flexibility index (Phi) is 9.65. The fourth-order valence-electron chi connectivity index (χ4n) is 4.52. The van der Waals surface area contributed by atoms with E-state index in [0.717, 1.165) is 4.90 Å². The topological polar surface area (TPSA) is 294 Å². The second-order valence-corrected chi connectivity index (χ2v) is 9.98. The van der Waals surface area contributed by atoms with Gasteiger partial charge in [-0.1, -0.05) is 0 Å². The third-order valence-corrected chi connectivity index (χ3v) is 6.57. The largest absolute Gasteiger partial charge is 0.418 e. The molecule has 0 aromatic carbocycles. The Balaban J connectivity index is 0.000000225. The fourth-order valence-corrected chi connectivity index (χ4v) is 4.91. The van der Waals surface area contributed by atoms with Gasteiger partial charge in [-0.3, -0.25) is 38.6 Å². The third-order valence-electron chi connectivity index (χ3n) is 6.22. The summed E-state index contributed by atoms with van der Waals surface area (Å²) in [6, 6.07) is -3.91. The average Bonchev–Trinajstić information content (AvgIpc) is 3.23. The average molecular weight is 597 g/mol. The number of carbonyl (C=O) groups excluding carboxylic acids is 6. The van der Waals surface area contributed by atoms with Gasteiger partial charge in [0.15, 0.2) is 13.2 Å². The lowest BCUT2D eigenvalue weighted by Crippen LogP contribution is -2.50. The Morgan fingerprint density at radius 2 is 1.27 bits per heavy atom. The summed E-state index contributed by atoms with van der Waals surface area (Å²) in [7, 11) is -4.84. The van der Waals surface area contributed by atoms with E-state index in [1.807, 2.05) is 5.48 Å². The fraction of sp³-hybridized carbons (Fsp3) is 0.667. The van der Waals surface area contributed by atoms with Crippen LogP contribution in [-0.2, 0) is 43.5 Å². The van der Waals surface area contributed by atoms with Gasteiger partial charge in [-0.15, -0.1) is 4.28 Å². The maximum absolute atomic E-state index is 12.0. The molecule has 21 nitrogen and oxygen atoms in total. The molecule has 4 fully saturated rings. The van der Waals surface area contributed by atoms with Crippen molar-refractivity contribution in [3.05, 3.63) is 0 Å². The highest BCUT2D eigenvalue weighted by atomic mass is 32.3. The van der Waals surface area contributed by atoms with Gasteiger partial charge in [-0.05, 0) is 25.7 Å². The number of rotatable bonds is 10. The van der Waals surface area contributed by atoms with Crippen molar-refractivity contribution in [1.29, 1.82) is 0 Å². The number of nitrogens with one attached hydrogen (secondary N) is 2. The minimum absolute atomic E-state index is 0.0578. The number of amides is 8. The van der Waals surface area contributed by atoms with Gasteiger partial charge in [0.25, 0.3) is 11.8 Å². The smallest absolute Gasteiger partial charge is 0.368 e. The summed E-state index contributed by atoms with van der Waals surface area (Å²) in [5.74, 6) is -2.70. The maximum atomic E-state index is 12.0. The van der Waals surface area contributed by atoms with Crippen molar-refractivity contribution < 1.29 is 60.9 Å². The molecule has 4 heterocycles. The highest BCUT2D eigenvalue weighted by Crippen LogP contribution is 2.31. The molecular weight excluding hydrogens is 568 g/mol. The van der Waals surface area contributed by atoms with Crippen LogP contribution in [0.3, 0.4) is 0 Å². The van der Waals surface area contributed by atoms with E-state index in [4.69, 9.17) is 16.0 Å². The Morgan fingerprint density at radius 3 is 1.75 bits per heavy atom. The summed E-state index contributed by atoms with van der Waals surface area (Å²) in [6.45, 7) is -0.584. The molecular formula is C18H28N8O13S. The molecule has 4 aliphatic rings. The summed E-state index contributed by atoms with van der Waals surface area (Å²) in [4.78, 5) is 79.7. The van der Waals surface area contributed by atoms with Crippen molar-refractivity contribution in [2.24, 2.45) is 11.5 Å². The number of carbonyl (C=O) groups is 6. The van der Waals surface area contributed by atoms with Crippen LogP contribution < -0.4 is 22.4 Å². The zero-order valence-corrected chi connectivity index (χ0v) is 21.5. The molecule has 224 valence electrons. The molecule has 0 aromatic heterocycles. The molecule has 8 N–H and O–H groups in total. The molecule has 0 saturated carbocycles. The lowest BCUT2D eigenvalue weighted by molar-refractivity contribution is -0.143. The molecule has 0 spiro atoms. The van der Waals surface area contributed by atoms with Crippen molar-refractivity contribution in [1.82, 2.24) is 30.9 Å². The summed E-state index contributed by atoms with van der Waals surface area (Å²) < 4.78 is 34.3. The molecule has 0 aliphatic carbocycles. The Labute approximate surface area is 226 Å². The van der Waals surface area contributed by atoms with Crippen molar-refractivity contribution in [2.45, 2.75) is 49.9 Å². The van der Waals surface area contributed by atoms with Gasteiger partial charge in [-0.25, -0.2) is 25.6 Å². The lowest BCUT2D eigenvalue weighted by Gasteiger charge is -2.28. The molecule has 0 radical (unpaired) electrons. The predicted molar refractivity (Wildman–Crippen MR) is 123 cm³/mol. The number of hydrogen-bond donors (Lipinski definition) is 6. The first-order valence-electron chi connectivity index (χ1n) is 11.6. The molecule has 0 aromatic rings. The van der Waals surface area contributed by atoms with Crippen LogP contribution in [0.2, 0.25) is 0 Å². The quantitative estimate of drug-likeness (QED) is 0.0791. The van der Waals surface area contributed by atoms with Crippen LogP contribution in [0.15, 0.2) is 0 Å². The molecule has 4 aliphatic heterocycles. The predicted octanol–water partition coefficient (Wildman–Crippen LogP) is -4.30. The van der Waals surface area contributed by atoms with E-state index < -0.39 is 77.4 Å². The number of nitrogens with zero attached hydrogens (tertiary/aromatic N) is 4. The van der Waals surface area contributed by atoms with E-state index >= 15 is 0 Å². The van der Waals surface area contributed by atoms with E-state index in [-0.39, 0.29) is 25.4 Å². The number of piperidine rings is 2. The van der Waals surface area contributed by atoms with Gasteiger partial charge in [-0.2, -0.15) is 13.5 Å². The number of hydrogen-bond acceptors (Lipinski definition) is 12. The number of hydroxylamine groups is 6. The van der Waals surface area contributed by atoms with Crippen LogP contribution in [0.5, 0.6) is 0 Å². The van der Waals surface area contributed by atoms with Crippen LogP contribution in [0.1, 0.15) is 25.7 Å². The van der Waals surface area contributed by atoms with Crippen molar-refractivity contribution in [3.63, 3.8) is 0 Å². The van der Waals surface area contributed by atoms with Gasteiger partial charge in [0.2, 0.25) is 11.8 Å². The summed E-state index contributed by atoms with van der Waals surface area (Å²) in [6.07, 6.45) is 1.48. The molecule has 22 heteroatoms. The zero-order valence-electron chi connectivity index (χ0n) is 20.7. The van der Waals surface area contributed by atoms with Gasteiger partial charge in [0, 0.05) is 13.1 Å². The van der Waals surface area contributed by atoms with Crippen LogP contribution in [-0.4, -0.2) is 124 Å². The first kappa shape index (κ1) is 30.7. The summed E-state index contributed by atoms with van der Waals surface area (Å²) in [5, 5.41) is 10.6. The van der Waals surface area contributed by atoms with Gasteiger partial charge in [0.05, 0.1) is 12.1 Å². The van der Waals surface area contributed by atoms with E-state index in [1.54, 1.807) is 0 Å². The monoisotopic (exact) mass is 596 g/mol. The van der Waals surface area contributed by atoms with Crippen LogP contribution in [0, 0.1) is 0 Å². The number of urea groups is 2. The van der Waals surface area contributed by atoms with Crippen LogP contribution in [0.4, 0.5) is 9.59 Å². The minimum atomic E-state index is -4.84.